The summed E-state index contributed by atoms with van der Waals surface area (Å²) in [6.45, 7) is 6.32. The number of carbonyl (C=O) groups excluding carboxylic acids is 1. The summed E-state index contributed by atoms with van der Waals surface area (Å²) < 4.78 is 33.0. The number of halogens is 2. The van der Waals surface area contributed by atoms with Crippen molar-refractivity contribution in [2.75, 3.05) is 31.5 Å². The van der Waals surface area contributed by atoms with Gasteiger partial charge in [-0.2, -0.15) is 0 Å². The molecule has 1 N–H and O–H groups in total. The van der Waals surface area contributed by atoms with Crippen LogP contribution in [0.3, 0.4) is 0 Å². The van der Waals surface area contributed by atoms with E-state index in [4.69, 9.17) is 9.73 Å². The third kappa shape index (κ3) is 4.82. The van der Waals surface area contributed by atoms with Gasteiger partial charge in [0.25, 0.3) is 0 Å². The Bertz CT molecular complexity index is 1320. The average Bonchev–Trinajstić information content (AvgIpc) is 3.16. The largest absolute Gasteiger partial charge is 0.454 e. The molecule has 0 radical (unpaired) electrons. The molecule has 5 rings (SSSR count). The van der Waals surface area contributed by atoms with Crippen LogP contribution in [0.25, 0.3) is 0 Å². The quantitative estimate of drug-likeness (QED) is 0.468. The van der Waals surface area contributed by atoms with Crippen molar-refractivity contribution in [3.8, 4) is 11.5 Å². The Labute approximate surface area is 202 Å². The number of ether oxygens (including phenoxy) is 1. The van der Waals surface area contributed by atoms with Crippen LogP contribution in [0.2, 0.25) is 0 Å². The molecule has 1 saturated heterocycles. The molecule has 2 heterocycles. The van der Waals surface area contributed by atoms with Crippen molar-refractivity contribution < 1.29 is 18.3 Å². The Morgan fingerprint density at radius 2 is 1.69 bits per heavy atom. The van der Waals surface area contributed by atoms with Crippen LogP contribution >= 0.6 is 0 Å². The van der Waals surface area contributed by atoms with E-state index in [2.05, 4.69) is 16.3 Å². The van der Waals surface area contributed by atoms with Gasteiger partial charge in [-0.05, 0) is 62.2 Å². The summed E-state index contributed by atoms with van der Waals surface area (Å²) in [6, 6.07) is 15.0. The minimum absolute atomic E-state index is 0.219. The van der Waals surface area contributed by atoms with Crippen molar-refractivity contribution >= 4 is 23.2 Å². The normalized spacial score (nSPS) is 15.3. The van der Waals surface area contributed by atoms with Crippen LogP contribution in [0.5, 0.6) is 11.5 Å². The predicted octanol–water partition coefficient (Wildman–Crippen LogP) is 6.01. The highest BCUT2D eigenvalue weighted by molar-refractivity contribution is 6.04. The van der Waals surface area contributed by atoms with E-state index in [0.29, 0.717) is 31.9 Å². The lowest BCUT2D eigenvalue weighted by Crippen LogP contribution is -2.39. The number of rotatable bonds is 1. The molecule has 0 atom stereocenters. The smallest absolute Gasteiger partial charge is 0.321 e. The highest BCUT2D eigenvalue weighted by atomic mass is 19.2. The van der Waals surface area contributed by atoms with E-state index in [1.807, 2.05) is 44.2 Å². The number of aliphatic imine (C=N–C) groups is 1. The van der Waals surface area contributed by atoms with Gasteiger partial charge in [-0.15, -0.1) is 0 Å². The van der Waals surface area contributed by atoms with Gasteiger partial charge < -0.3 is 19.9 Å². The number of anilines is 1. The molecular weight excluding hydrogens is 450 g/mol. The number of urea groups is 1. The Morgan fingerprint density at radius 3 is 2.51 bits per heavy atom. The van der Waals surface area contributed by atoms with Gasteiger partial charge in [-0.1, -0.05) is 17.7 Å². The first-order valence-corrected chi connectivity index (χ1v) is 11.6. The van der Waals surface area contributed by atoms with E-state index >= 15 is 0 Å². The lowest BCUT2D eigenvalue weighted by Gasteiger charge is -2.25. The number of carbonyl (C=O) groups is 1. The Morgan fingerprint density at radius 1 is 0.886 bits per heavy atom. The molecule has 3 aromatic rings. The zero-order chi connectivity index (χ0) is 24.5. The van der Waals surface area contributed by atoms with Crippen molar-refractivity contribution in [1.29, 1.82) is 0 Å². The van der Waals surface area contributed by atoms with Gasteiger partial charge in [0, 0.05) is 37.9 Å². The van der Waals surface area contributed by atoms with Crippen LogP contribution in [0, 0.1) is 25.5 Å². The van der Waals surface area contributed by atoms with E-state index in [-0.39, 0.29) is 11.7 Å². The first-order valence-electron chi connectivity index (χ1n) is 11.6. The molecule has 0 spiro atoms. The molecule has 0 aliphatic carbocycles. The molecule has 0 saturated carbocycles. The summed E-state index contributed by atoms with van der Waals surface area (Å²) in [6.07, 6.45) is 0.729. The van der Waals surface area contributed by atoms with Crippen LogP contribution in [0.15, 0.2) is 59.6 Å². The zero-order valence-electron chi connectivity index (χ0n) is 19.6. The molecule has 1 fully saturated rings. The highest BCUT2D eigenvalue weighted by Crippen LogP contribution is 2.39. The highest BCUT2D eigenvalue weighted by Gasteiger charge is 2.26. The van der Waals surface area contributed by atoms with Crippen LogP contribution in [0.4, 0.5) is 25.0 Å². The van der Waals surface area contributed by atoms with Crippen LogP contribution in [-0.2, 0) is 0 Å². The summed E-state index contributed by atoms with van der Waals surface area (Å²) >= 11 is 0. The van der Waals surface area contributed by atoms with Gasteiger partial charge in [0.15, 0.2) is 17.4 Å². The van der Waals surface area contributed by atoms with Gasteiger partial charge in [-0.3, -0.25) is 0 Å². The molecule has 8 heteroatoms. The number of nitrogens with one attached hydrogen (secondary N) is 1. The minimum atomic E-state index is -0.997. The molecule has 2 aliphatic heterocycles. The van der Waals surface area contributed by atoms with Crippen molar-refractivity contribution in [1.82, 2.24) is 9.80 Å². The van der Waals surface area contributed by atoms with Gasteiger partial charge in [0.1, 0.15) is 17.3 Å². The third-order valence-electron chi connectivity index (χ3n) is 6.19. The van der Waals surface area contributed by atoms with E-state index in [1.54, 1.807) is 4.90 Å². The second kappa shape index (κ2) is 9.37. The number of hydrogen-bond donors (Lipinski definition) is 1. The SMILES string of the molecule is Cc1ccc2c(c1)Oc1ccc(C)cc1C(N1CCCN(C(=O)Nc3ccc(F)c(F)c3)CC1)=N2. The Kier molecular flexibility index (Phi) is 6.11. The first kappa shape index (κ1) is 22.8. The molecule has 2 amide bonds. The number of aryl methyl sites for hydroxylation is 2. The van der Waals surface area contributed by atoms with E-state index in [9.17, 15) is 13.6 Å². The lowest BCUT2D eigenvalue weighted by atomic mass is 10.1. The summed E-state index contributed by atoms with van der Waals surface area (Å²) in [5, 5.41) is 2.66. The monoisotopic (exact) mass is 476 g/mol. The molecule has 180 valence electrons. The van der Waals surface area contributed by atoms with Crippen LogP contribution in [0.1, 0.15) is 23.1 Å². The number of amidine groups is 1. The maximum Gasteiger partial charge on any atom is 0.321 e. The zero-order valence-corrected chi connectivity index (χ0v) is 19.6. The molecule has 6 nitrogen and oxygen atoms in total. The maximum absolute atomic E-state index is 13.5. The molecule has 0 bridgehead atoms. The third-order valence-corrected chi connectivity index (χ3v) is 6.19. The summed E-state index contributed by atoms with van der Waals surface area (Å²) in [7, 11) is 0. The second-order valence-corrected chi connectivity index (χ2v) is 8.89. The van der Waals surface area contributed by atoms with Gasteiger partial charge in [0.05, 0.1) is 5.56 Å². The van der Waals surface area contributed by atoms with E-state index < -0.39 is 11.6 Å². The topological polar surface area (TPSA) is 57.2 Å². The van der Waals surface area contributed by atoms with Gasteiger partial charge in [0.2, 0.25) is 0 Å². The van der Waals surface area contributed by atoms with E-state index in [1.165, 1.54) is 6.07 Å². The summed E-state index contributed by atoms with van der Waals surface area (Å²) in [5.74, 6) is 0.328. The van der Waals surface area contributed by atoms with Gasteiger partial charge in [-0.25, -0.2) is 18.6 Å². The average molecular weight is 477 g/mol. The van der Waals surface area contributed by atoms with Crippen molar-refractivity contribution in [3.63, 3.8) is 0 Å². The number of benzene rings is 3. The minimum Gasteiger partial charge on any atom is -0.454 e. The standard InChI is InChI=1S/C27H26F2N4O2/c1-17-5-9-24-20(14-17)26(31-23-8-4-18(2)15-25(23)35-24)32-10-3-11-33(13-12-32)27(34)30-19-6-7-21(28)22(29)16-19/h4-9,14-16H,3,10-13H2,1-2H3,(H,30,34). The summed E-state index contributed by atoms with van der Waals surface area (Å²) in [4.78, 5) is 21.7. The number of fused-ring (bicyclic) bond motifs is 2. The molecule has 2 aliphatic rings. The fourth-order valence-corrected chi connectivity index (χ4v) is 4.35. The maximum atomic E-state index is 13.5. The molecular formula is C27H26F2N4O2. The van der Waals surface area contributed by atoms with Crippen molar-refractivity contribution in [2.45, 2.75) is 20.3 Å². The Balaban J connectivity index is 1.39. The van der Waals surface area contributed by atoms with Crippen LogP contribution in [-0.4, -0.2) is 47.8 Å². The van der Waals surface area contributed by atoms with Crippen LogP contribution < -0.4 is 10.1 Å². The number of hydrogen-bond acceptors (Lipinski definition) is 4. The number of amides is 2. The van der Waals surface area contributed by atoms with Gasteiger partial charge >= 0.3 is 6.03 Å². The second-order valence-electron chi connectivity index (χ2n) is 8.89. The molecule has 35 heavy (non-hydrogen) atoms. The van der Waals surface area contributed by atoms with Crippen molar-refractivity contribution in [3.05, 3.63) is 82.9 Å². The first-order chi connectivity index (χ1) is 16.9. The van der Waals surface area contributed by atoms with Crippen molar-refractivity contribution in [2.24, 2.45) is 4.99 Å². The van der Waals surface area contributed by atoms with E-state index in [0.717, 1.165) is 52.5 Å². The molecule has 3 aromatic carbocycles. The Hall–Kier alpha value is -3.94. The fraction of sp³-hybridized carbons (Fsp3) is 0.259. The predicted molar refractivity (Wildman–Crippen MR) is 132 cm³/mol. The lowest BCUT2D eigenvalue weighted by molar-refractivity contribution is 0.214. The summed E-state index contributed by atoms with van der Waals surface area (Å²) in [5.41, 5.74) is 4.09. The fourth-order valence-electron chi connectivity index (χ4n) is 4.35. The number of nitrogens with zero attached hydrogens (tertiary/aromatic N) is 3. The molecule has 0 unspecified atom stereocenters. The molecule has 0 aromatic heterocycles.